The zero-order valence-electron chi connectivity index (χ0n) is 20.3. The molecule has 9 heteroatoms. The topological polar surface area (TPSA) is 76.2 Å². The molecule has 4 aromatic heterocycles. The Bertz CT molecular complexity index is 1340. The third-order valence-corrected chi connectivity index (χ3v) is 8.77. The largest absolute Gasteiger partial charge is 0.487 e. The summed E-state index contributed by atoms with van der Waals surface area (Å²) in [6.07, 6.45) is 14.7. The van der Waals surface area contributed by atoms with E-state index >= 15 is 0 Å². The van der Waals surface area contributed by atoms with Gasteiger partial charge in [0.25, 0.3) is 0 Å². The van der Waals surface area contributed by atoms with Crippen molar-refractivity contribution in [2.24, 2.45) is 0 Å². The highest BCUT2D eigenvalue weighted by molar-refractivity contribution is 7.22. The third kappa shape index (κ3) is 4.44. The van der Waals surface area contributed by atoms with Crippen LogP contribution in [0.1, 0.15) is 67.8 Å². The van der Waals surface area contributed by atoms with E-state index in [2.05, 4.69) is 37.9 Å². The van der Waals surface area contributed by atoms with Gasteiger partial charge in [0.2, 0.25) is 0 Å². The zero-order chi connectivity index (χ0) is 23.9. The van der Waals surface area contributed by atoms with Crippen LogP contribution in [0.5, 0.6) is 5.75 Å². The van der Waals surface area contributed by atoms with Gasteiger partial charge < -0.3 is 14.2 Å². The quantitative estimate of drug-likeness (QED) is 0.329. The fourth-order valence-electron chi connectivity index (χ4n) is 5.34. The molecule has 4 aromatic rings. The van der Waals surface area contributed by atoms with Crippen LogP contribution in [0.15, 0.2) is 36.9 Å². The molecule has 188 valence electrons. The van der Waals surface area contributed by atoms with Crippen LogP contribution >= 0.6 is 11.3 Å². The molecule has 0 radical (unpaired) electrons. The van der Waals surface area contributed by atoms with Crippen LogP contribution in [0, 0.1) is 0 Å². The molecule has 8 nitrogen and oxygen atoms in total. The minimum absolute atomic E-state index is 0.417. The second-order valence-corrected chi connectivity index (χ2v) is 11.2. The Morgan fingerprint density at radius 2 is 1.72 bits per heavy atom. The van der Waals surface area contributed by atoms with Gasteiger partial charge in [-0.05, 0) is 50.7 Å². The fourth-order valence-corrected chi connectivity index (χ4v) is 6.39. The molecule has 36 heavy (non-hydrogen) atoms. The van der Waals surface area contributed by atoms with Crippen LogP contribution in [-0.2, 0) is 16.1 Å². The lowest BCUT2D eigenvalue weighted by atomic mass is 9.94. The van der Waals surface area contributed by atoms with E-state index in [1.54, 1.807) is 11.3 Å². The van der Waals surface area contributed by atoms with E-state index in [9.17, 15) is 0 Å². The zero-order valence-corrected chi connectivity index (χ0v) is 21.2. The summed E-state index contributed by atoms with van der Waals surface area (Å²) in [4.78, 5) is 5.79. The molecule has 6 heterocycles. The Kier molecular flexibility index (Phi) is 5.99. The Hall–Kier alpha value is -2.75. The normalized spacial score (nSPS) is 19.8. The van der Waals surface area contributed by atoms with Crippen LogP contribution in [0.25, 0.3) is 20.7 Å². The van der Waals surface area contributed by atoms with E-state index in [-0.39, 0.29) is 0 Å². The Morgan fingerprint density at radius 3 is 2.53 bits per heavy atom. The van der Waals surface area contributed by atoms with Crippen LogP contribution in [-0.4, -0.2) is 51.0 Å². The van der Waals surface area contributed by atoms with Crippen molar-refractivity contribution in [3.63, 3.8) is 0 Å². The molecule has 3 aliphatic rings. The molecule has 0 aromatic carbocycles. The average molecular weight is 506 g/mol. The predicted molar refractivity (Wildman–Crippen MR) is 138 cm³/mol. The number of pyridine rings is 1. The van der Waals surface area contributed by atoms with Crippen molar-refractivity contribution in [1.82, 2.24) is 24.5 Å². The fraction of sp³-hybridized carbons (Fsp3) is 0.519. The minimum Gasteiger partial charge on any atom is -0.487 e. The number of fused-ring (bicyclic) bond motifs is 1. The van der Waals surface area contributed by atoms with Gasteiger partial charge in [0.1, 0.15) is 12.4 Å². The van der Waals surface area contributed by atoms with Crippen LogP contribution in [0.4, 0.5) is 0 Å². The molecular weight excluding hydrogens is 474 g/mol. The van der Waals surface area contributed by atoms with Gasteiger partial charge in [-0.15, -0.1) is 11.3 Å². The average Bonchev–Trinajstić information content (AvgIpc) is 3.31. The molecule has 2 saturated heterocycles. The molecular formula is C27H31N5O3S. The van der Waals surface area contributed by atoms with Gasteiger partial charge in [0.15, 0.2) is 0 Å². The third-order valence-electron chi connectivity index (χ3n) is 7.58. The monoisotopic (exact) mass is 505 g/mol. The summed E-state index contributed by atoms with van der Waals surface area (Å²) in [6, 6.07) is 5.11. The van der Waals surface area contributed by atoms with Gasteiger partial charge in [-0.25, -0.2) is 0 Å². The molecule has 0 bridgehead atoms. The van der Waals surface area contributed by atoms with E-state index < -0.39 is 0 Å². The van der Waals surface area contributed by atoms with E-state index in [1.165, 1.54) is 24.1 Å². The molecule has 0 unspecified atom stereocenters. The number of hydrogen-bond acceptors (Lipinski definition) is 7. The lowest BCUT2D eigenvalue weighted by Gasteiger charge is -2.22. The first kappa shape index (κ1) is 22.4. The van der Waals surface area contributed by atoms with Crippen molar-refractivity contribution >= 4 is 21.6 Å². The van der Waals surface area contributed by atoms with Crippen LogP contribution in [0.2, 0.25) is 0 Å². The highest BCUT2D eigenvalue weighted by atomic mass is 32.1. The number of thiophene rings is 1. The highest BCUT2D eigenvalue weighted by Crippen LogP contribution is 2.40. The van der Waals surface area contributed by atoms with E-state index in [4.69, 9.17) is 19.3 Å². The molecule has 0 N–H and O–H groups in total. The van der Waals surface area contributed by atoms with E-state index in [0.29, 0.717) is 24.6 Å². The Morgan fingerprint density at radius 1 is 0.944 bits per heavy atom. The molecule has 7 rings (SSSR count). The van der Waals surface area contributed by atoms with E-state index in [1.807, 2.05) is 18.5 Å². The molecule has 2 aliphatic heterocycles. The first-order chi connectivity index (χ1) is 17.8. The van der Waals surface area contributed by atoms with Crippen molar-refractivity contribution in [2.45, 2.75) is 63.1 Å². The molecule has 1 aliphatic carbocycles. The van der Waals surface area contributed by atoms with Crippen LogP contribution < -0.4 is 4.74 Å². The molecule has 0 atom stereocenters. The molecule has 3 fully saturated rings. The van der Waals surface area contributed by atoms with Gasteiger partial charge in [0.05, 0.1) is 34.2 Å². The van der Waals surface area contributed by atoms with Crippen molar-refractivity contribution < 1.29 is 14.2 Å². The summed E-state index contributed by atoms with van der Waals surface area (Å²) >= 11 is 1.72. The second-order valence-electron chi connectivity index (χ2n) is 10.1. The first-order valence-corrected chi connectivity index (χ1v) is 13.9. The first-order valence-electron chi connectivity index (χ1n) is 13.1. The standard InChI is InChI=1S/C27H31N5O3S/c1-2-21(1)32-16-20(26(30-32)18-4-9-33-10-5-18)17-35-24-3-8-28-23-13-25(36-27(23)24)19-14-29-31(15-19)22-6-11-34-12-7-22/h3,8,13-16,18,21-22H,1-2,4-7,9-12,17H2. The van der Waals surface area contributed by atoms with Crippen molar-refractivity contribution in [3.8, 4) is 16.2 Å². The molecule has 1 saturated carbocycles. The number of nitrogens with zero attached hydrogens (tertiary/aromatic N) is 5. The summed E-state index contributed by atoms with van der Waals surface area (Å²) in [6.45, 7) is 3.77. The SMILES string of the molecule is c1cc(OCc2cn(C3CC3)nc2C2CCOCC2)c2sc(-c3cnn(C4CCOCC4)c3)cc2n1. The maximum Gasteiger partial charge on any atom is 0.140 e. The highest BCUT2D eigenvalue weighted by Gasteiger charge is 2.29. The lowest BCUT2D eigenvalue weighted by molar-refractivity contribution is 0.0662. The summed E-state index contributed by atoms with van der Waals surface area (Å²) in [5, 5.41) is 9.67. The van der Waals surface area contributed by atoms with Gasteiger partial charge in [0, 0.05) is 66.9 Å². The Balaban J connectivity index is 1.13. The van der Waals surface area contributed by atoms with Crippen molar-refractivity contribution in [2.75, 3.05) is 26.4 Å². The summed E-state index contributed by atoms with van der Waals surface area (Å²) in [7, 11) is 0. The molecule has 0 amide bonds. The van der Waals surface area contributed by atoms with Crippen LogP contribution in [0.3, 0.4) is 0 Å². The Labute approximate surface area is 214 Å². The maximum absolute atomic E-state index is 6.45. The number of hydrogen-bond donors (Lipinski definition) is 0. The van der Waals surface area contributed by atoms with Gasteiger partial charge >= 0.3 is 0 Å². The maximum atomic E-state index is 6.45. The number of aromatic nitrogens is 5. The van der Waals surface area contributed by atoms with Gasteiger partial charge in [-0.3, -0.25) is 14.3 Å². The lowest BCUT2D eigenvalue weighted by Crippen LogP contribution is -2.19. The summed E-state index contributed by atoms with van der Waals surface area (Å²) in [5.74, 6) is 1.33. The van der Waals surface area contributed by atoms with Crippen molar-refractivity contribution in [3.05, 3.63) is 48.2 Å². The number of ether oxygens (including phenoxy) is 3. The van der Waals surface area contributed by atoms with Crippen molar-refractivity contribution in [1.29, 1.82) is 0 Å². The summed E-state index contributed by atoms with van der Waals surface area (Å²) < 4.78 is 22.9. The molecule has 0 spiro atoms. The smallest absolute Gasteiger partial charge is 0.140 e. The van der Waals surface area contributed by atoms with Gasteiger partial charge in [-0.1, -0.05) is 0 Å². The van der Waals surface area contributed by atoms with E-state index in [0.717, 1.165) is 78.5 Å². The summed E-state index contributed by atoms with van der Waals surface area (Å²) in [5.41, 5.74) is 4.49. The minimum atomic E-state index is 0.417. The predicted octanol–water partition coefficient (Wildman–Crippen LogP) is 5.52. The van der Waals surface area contributed by atoms with Gasteiger partial charge in [-0.2, -0.15) is 10.2 Å². The second kappa shape index (κ2) is 9.61. The number of rotatable bonds is 7.